The standard InChI is InChI=1S/C18H28N2O3/c1-5-18(6-2,15-10-8-7-9-11-15)13-19-17(23)20(4)12-14(3)16(21)22/h7-11,14H,5-6,12-13H2,1-4H3,(H,19,23)(H,21,22). The Bertz CT molecular complexity index is 512. The van der Waals surface area contributed by atoms with Gasteiger partial charge in [0.1, 0.15) is 0 Å². The zero-order valence-electron chi connectivity index (χ0n) is 14.5. The van der Waals surface area contributed by atoms with Gasteiger partial charge in [0.05, 0.1) is 5.92 Å². The highest BCUT2D eigenvalue weighted by Gasteiger charge is 2.29. The molecule has 1 aromatic rings. The summed E-state index contributed by atoms with van der Waals surface area (Å²) in [5.41, 5.74) is 1.11. The molecule has 5 nitrogen and oxygen atoms in total. The van der Waals surface area contributed by atoms with Crippen LogP contribution in [0.1, 0.15) is 39.2 Å². The lowest BCUT2D eigenvalue weighted by Gasteiger charge is -2.33. The van der Waals surface area contributed by atoms with E-state index in [4.69, 9.17) is 5.11 Å². The Labute approximate surface area is 138 Å². The second kappa shape index (κ2) is 8.56. The van der Waals surface area contributed by atoms with Crippen molar-refractivity contribution in [1.29, 1.82) is 0 Å². The topological polar surface area (TPSA) is 69.6 Å². The Morgan fingerprint density at radius 2 is 1.78 bits per heavy atom. The van der Waals surface area contributed by atoms with Gasteiger partial charge in [0.15, 0.2) is 0 Å². The molecule has 23 heavy (non-hydrogen) atoms. The van der Waals surface area contributed by atoms with Crippen LogP contribution in [0.3, 0.4) is 0 Å². The summed E-state index contributed by atoms with van der Waals surface area (Å²) in [6.07, 6.45) is 1.84. The molecule has 2 N–H and O–H groups in total. The van der Waals surface area contributed by atoms with E-state index in [9.17, 15) is 9.59 Å². The van der Waals surface area contributed by atoms with Crippen molar-refractivity contribution in [3.63, 3.8) is 0 Å². The molecule has 0 fully saturated rings. The fraction of sp³-hybridized carbons (Fsp3) is 0.556. The van der Waals surface area contributed by atoms with Crippen molar-refractivity contribution in [2.24, 2.45) is 5.92 Å². The third-order valence-electron chi connectivity index (χ3n) is 4.63. The number of amides is 2. The Hall–Kier alpha value is -2.04. The molecule has 5 heteroatoms. The Balaban J connectivity index is 2.72. The molecule has 1 unspecified atom stereocenters. The minimum atomic E-state index is -0.898. The summed E-state index contributed by atoms with van der Waals surface area (Å²) in [5.74, 6) is -1.48. The van der Waals surface area contributed by atoms with Crippen LogP contribution in [0.4, 0.5) is 4.79 Å². The zero-order chi connectivity index (χ0) is 17.5. The lowest BCUT2D eigenvalue weighted by Crippen LogP contribution is -2.46. The molecule has 0 saturated carbocycles. The fourth-order valence-corrected chi connectivity index (χ4v) is 2.75. The Kier molecular flexibility index (Phi) is 7.07. The number of carbonyl (C=O) groups excluding carboxylic acids is 1. The molecule has 0 saturated heterocycles. The highest BCUT2D eigenvalue weighted by Crippen LogP contribution is 2.30. The predicted octanol–water partition coefficient (Wildman–Crippen LogP) is 3.11. The number of rotatable bonds is 8. The van der Waals surface area contributed by atoms with Crippen LogP contribution in [0.2, 0.25) is 0 Å². The van der Waals surface area contributed by atoms with Crippen LogP contribution in [0, 0.1) is 5.92 Å². The van der Waals surface area contributed by atoms with Gasteiger partial charge in [-0.2, -0.15) is 0 Å². The minimum Gasteiger partial charge on any atom is -0.481 e. The van der Waals surface area contributed by atoms with E-state index >= 15 is 0 Å². The van der Waals surface area contributed by atoms with Gasteiger partial charge in [-0.15, -0.1) is 0 Å². The molecule has 1 atom stereocenters. The maximum atomic E-state index is 12.2. The SMILES string of the molecule is CCC(CC)(CNC(=O)N(C)CC(C)C(=O)O)c1ccccc1. The number of aliphatic carboxylic acids is 1. The van der Waals surface area contributed by atoms with Crippen molar-refractivity contribution in [3.05, 3.63) is 35.9 Å². The van der Waals surface area contributed by atoms with Crippen LogP contribution in [-0.2, 0) is 10.2 Å². The Morgan fingerprint density at radius 1 is 1.22 bits per heavy atom. The van der Waals surface area contributed by atoms with Crippen LogP contribution < -0.4 is 5.32 Å². The van der Waals surface area contributed by atoms with E-state index in [0.717, 1.165) is 12.8 Å². The highest BCUT2D eigenvalue weighted by atomic mass is 16.4. The number of hydrogen-bond donors (Lipinski definition) is 2. The molecule has 0 heterocycles. The monoisotopic (exact) mass is 320 g/mol. The molecule has 0 aliphatic rings. The molecule has 1 aromatic carbocycles. The molecule has 2 amide bonds. The number of nitrogens with zero attached hydrogens (tertiary/aromatic N) is 1. The van der Waals surface area contributed by atoms with Gasteiger partial charge in [-0.25, -0.2) is 4.79 Å². The smallest absolute Gasteiger partial charge is 0.317 e. The third-order valence-corrected chi connectivity index (χ3v) is 4.63. The summed E-state index contributed by atoms with van der Waals surface area (Å²) in [4.78, 5) is 24.6. The Morgan fingerprint density at radius 3 is 2.26 bits per heavy atom. The first-order valence-electron chi connectivity index (χ1n) is 8.13. The summed E-state index contributed by atoms with van der Waals surface area (Å²) >= 11 is 0. The molecule has 0 aliphatic heterocycles. The summed E-state index contributed by atoms with van der Waals surface area (Å²) in [6.45, 7) is 6.57. The molecule has 0 spiro atoms. The van der Waals surface area contributed by atoms with Crippen LogP contribution in [0.5, 0.6) is 0 Å². The number of carboxylic acid groups (broad SMARTS) is 1. The molecule has 0 bridgehead atoms. The molecule has 128 valence electrons. The lowest BCUT2D eigenvalue weighted by molar-refractivity contribution is -0.141. The van der Waals surface area contributed by atoms with E-state index in [0.29, 0.717) is 6.54 Å². The first-order valence-corrected chi connectivity index (χ1v) is 8.13. The van der Waals surface area contributed by atoms with Gasteiger partial charge in [0.25, 0.3) is 0 Å². The molecular weight excluding hydrogens is 292 g/mol. The molecule has 1 rings (SSSR count). The normalized spacial score (nSPS) is 12.5. The first kappa shape index (κ1) is 19.0. The van der Waals surface area contributed by atoms with E-state index in [-0.39, 0.29) is 18.0 Å². The summed E-state index contributed by atoms with van der Waals surface area (Å²) in [7, 11) is 1.62. The van der Waals surface area contributed by atoms with Crippen molar-refractivity contribution in [3.8, 4) is 0 Å². The number of nitrogens with one attached hydrogen (secondary N) is 1. The van der Waals surface area contributed by atoms with E-state index in [2.05, 4.69) is 31.3 Å². The maximum Gasteiger partial charge on any atom is 0.317 e. The average Bonchev–Trinajstić information content (AvgIpc) is 2.56. The molecule has 0 aliphatic carbocycles. The summed E-state index contributed by atoms with van der Waals surface area (Å²) in [5, 5.41) is 11.9. The fourth-order valence-electron chi connectivity index (χ4n) is 2.75. The van der Waals surface area contributed by atoms with Gasteiger partial charge >= 0.3 is 12.0 Å². The number of carbonyl (C=O) groups is 2. The van der Waals surface area contributed by atoms with Gasteiger partial charge in [0.2, 0.25) is 0 Å². The van der Waals surface area contributed by atoms with Crippen molar-refractivity contribution in [2.45, 2.75) is 39.0 Å². The van der Waals surface area contributed by atoms with Gasteiger partial charge < -0.3 is 15.3 Å². The van der Waals surface area contributed by atoms with Crippen LogP contribution >= 0.6 is 0 Å². The first-order chi connectivity index (χ1) is 10.9. The molecular formula is C18H28N2O3. The van der Waals surface area contributed by atoms with Gasteiger partial charge in [0, 0.05) is 25.6 Å². The van der Waals surface area contributed by atoms with E-state index in [1.807, 2.05) is 18.2 Å². The zero-order valence-corrected chi connectivity index (χ0v) is 14.5. The highest BCUT2D eigenvalue weighted by molar-refractivity contribution is 5.75. The summed E-state index contributed by atoms with van der Waals surface area (Å²) in [6, 6.07) is 9.96. The minimum absolute atomic E-state index is 0.101. The van der Waals surface area contributed by atoms with Gasteiger partial charge in [-0.3, -0.25) is 4.79 Å². The van der Waals surface area contributed by atoms with Crippen LogP contribution in [0.15, 0.2) is 30.3 Å². The van der Waals surface area contributed by atoms with E-state index < -0.39 is 11.9 Å². The average molecular weight is 320 g/mol. The molecule has 0 aromatic heterocycles. The second-order valence-electron chi connectivity index (χ2n) is 6.13. The third kappa shape index (κ3) is 4.98. The number of hydrogen-bond acceptors (Lipinski definition) is 2. The molecule has 0 radical (unpaired) electrons. The van der Waals surface area contributed by atoms with Crippen LogP contribution in [-0.4, -0.2) is 42.1 Å². The summed E-state index contributed by atoms with van der Waals surface area (Å²) < 4.78 is 0. The van der Waals surface area contributed by atoms with Crippen LogP contribution in [0.25, 0.3) is 0 Å². The quantitative estimate of drug-likeness (QED) is 0.773. The predicted molar refractivity (Wildman–Crippen MR) is 91.5 cm³/mol. The lowest BCUT2D eigenvalue weighted by atomic mass is 9.76. The number of benzene rings is 1. The van der Waals surface area contributed by atoms with Crippen molar-refractivity contribution >= 4 is 12.0 Å². The van der Waals surface area contributed by atoms with Gasteiger partial charge in [-0.05, 0) is 18.4 Å². The number of urea groups is 1. The van der Waals surface area contributed by atoms with Crippen molar-refractivity contribution in [1.82, 2.24) is 10.2 Å². The van der Waals surface area contributed by atoms with E-state index in [1.54, 1.807) is 14.0 Å². The maximum absolute atomic E-state index is 12.2. The van der Waals surface area contributed by atoms with Crippen molar-refractivity contribution < 1.29 is 14.7 Å². The van der Waals surface area contributed by atoms with Gasteiger partial charge in [-0.1, -0.05) is 51.1 Å². The second-order valence-corrected chi connectivity index (χ2v) is 6.13. The largest absolute Gasteiger partial charge is 0.481 e. The van der Waals surface area contributed by atoms with Crippen molar-refractivity contribution in [2.75, 3.05) is 20.1 Å². The van der Waals surface area contributed by atoms with E-state index in [1.165, 1.54) is 10.5 Å². The number of carboxylic acids is 1.